The van der Waals surface area contributed by atoms with Gasteiger partial charge < -0.3 is 24.4 Å². The first-order valence-electron chi connectivity index (χ1n) is 9.92. The zero-order valence-electron chi connectivity index (χ0n) is 16.6. The zero-order valence-corrected chi connectivity index (χ0v) is 16.6. The van der Waals surface area contributed by atoms with Crippen LogP contribution in [0.25, 0.3) is 0 Å². The predicted molar refractivity (Wildman–Crippen MR) is 101 cm³/mol. The van der Waals surface area contributed by atoms with E-state index in [4.69, 9.17) is 9.47 Å². The third kappa shape index (κ3) is 3.26. The van der Waals surface area contributed by atoms with E-state index >= 15 is 0 Å². The molecule has 3 fully saturated rings. The van der Waals surface area contributed by atoms with Crippen molar-refractivity contribution in [2.24, 2.45) is 0 Å². The number of hydrogen-bond donors (Lipinski definition) is 1. The van der Waals surface area contributed by atoms with Gasteiger partial charge in [-0.1, -0.05) is 30.3 Å². The Hall–Kier alpha value is -2.12. The molecular weight excluding hydrogens is 360 g/mol. The SMILES string of the molecule is CC(C)(C)OC(=O)N1CCC2(CC1)OC1C(O)CC(c3ccccc3)N1C2=O. The van der Waals surface area contributed by atoms with Crippen molar-refractivity contribution in [1.29, 1.82) is 0 Å². The van der Waals surface area contributed by atoms with Gasteiger partial charge in [-0.3, -0.25) is 4.79 Å². The smallest absolute Gasteiger partial charge is 0.410 e. The van der Waals surface area contributed by atoms with Gasteiger partial charge in [0.15, 0.2) is 11.8 Å². The molecule has 3 unspecified atom stereocenters. The van der Waals surface area contributed by atoms with Crippen LogP contribution < -0.4 is 0 Å². The fourth-order valence-corrected chi connectivity index (χ4v) is 4.41. The summed E-state index contributed by atoms with van der Waals surface area (Å²) in [6, 6.07) is 9.57. The highest BCUT2D eigenvalue weighted by Gasteiger charge is 2.61. The van der Waals surface area contributed by atoms with Crippen molar-refractivity contribution in [2.75, 3.05) is 13.1 Å². The molecule has 1 aromatic rings. The van der Waals surface area contributed by atoms with Gasteiger partial charge in [0.25, 0.3) is 5.91 Å². The highest BCUT2D eigenvalue weighted by molar-refractivity contribution is 5.88. The van der Waals surface area contributed by atoms with E-state index in [2.05, 4.69) is 0 Å². The molecule has 3 aliphatic rings. The molecule has 3 heterocycles. The molecule has 0 bridgehead atoms. The van der Waals surface area contributed by atoms with Crippen molar-refractivity contribution in [1.82, 2.24) is 9.80 Å². The lowest BCUT2D eigenvalue weighted by molar-refractivity contribution is -0.145. The minimum absolute atomic E-state index is 0.0771. The van der Waals surface area contributed by atoms with Crippen LogP contribution in [0.4, 0.5) is 4.79 Å². The summed E-state index contributed by atoms with van der Waals surface area (Å²) in [5.74, 6) is -0.0771. The number of likely N-dealkylation sites (tertiary alicyclic amines) is 1. The molecule has 1 aromatic carbocycles. The van der Waals surface area contributed by atoms with Crippen molar-refractivity contribution in [3.63, 3.8) is 0 Å². The van der Waals surface area contributed by atoms with Crippen LogP contribution in [0.2, 0.25) is 0 Å². The maximum Gasteiger partial charge on any atom is 0.410 e. The number of rotatable bonds is 1. The van der Waals surface area contributed by atoms with E-state index in [-0.39, 0.29) is 18.0 Å². The first-order valence-corrected chi connectivity index (χ1v) is 9.92. The molecular formula is C21H28N2O5. The third-order valence-electron chi connectivity index (χ3n) is 5.78. The third-order valence-corrected chi connectivity index (χ3v) is 5.78. The van der Waals surface area contributed by atoms with Gasteiger partial charge in [-0.05, 0) is 26.3 Å². The Morgan fingerprint density at radius 1 is 1.21 bits per heavy atom. The summed E-state index contributed by atoms with van der Waals surface area (Å²) in [7, 11) is 0. The van der Waals surface area contributed by atoms with Gasteiger partial charge in [0, 0.05) is 32.4 Å². The second-order valence-electron chi connectivity index (χ2n) is 8.91. The summed E-state index contributed by atoms with van der Waals surface area (Å²) in [6.45, 7) is 6.29. The minimum atomic E-state index is -0.961. The Morgan fingerprint density at radius 3 is 2.46 bits per heavy atom. The molecule has 1 N–H and O–H groups in total. The average Bonchev–Trinajstić information content (AvgIpc) is 3.10. The van der Waals surface area contributed by atoms with E-state index < -0.39 is 23.5 Å². The topological polar surface area (TPSA) is 79.3 Å². The van der Waals surface area contributed by atoms with Crippen LogP contribution in [0.5, 0.6) is 0 Å². The molecule has 152 valence electrons. The second kappa shape index (κ2) is 6.74. The summed E-state index contributed by atoms with van der Waals surface area (Å²) in [5, 5.41) is 10.5. The van der Waals surface area contributed by atoms with Gasteiger partial charge in [0.1, 0.15) is 11.7 Å². The Bertz CT molecular complexity index is 752. The minimum Gasteiger partial charge on any atom is -0.444 e. The van der Waals surface area contributed by atoms with Gasteiger partial charge in [-0.15, -0.1) is 0 Å². The largest absolute Gasteiger partial charge is 0.444 e. The van der Waals surface area contributed by atoms with Crippen LogP contribution in [0, 0.1) is 0 Å². The van der Waals surface area contributed by atoms with Gasteiger partial charge in [0.05, 0.1) is 6.04 Å². The number of fused-ring (bicyclic) bond motifs is 1. The van der Waals surface area contributed by atoms with E-state index in [9.17, 15) is 14.7 Å². The maximum atomic E-state index is 13.4. The van der Waals surface area contributed by atoms with E-state index in [0.29, 0.717) is 32.4 Å². The molecule has 7 heteroatoms. The van der Waals surface area contributed by atoms with E-state index in [1.54, 1.807) is 9.80 Å². The average molecular weight is 388 g/mol. The van der Waals surface area contributed by atoms with Crippen LogP contribution in [0.1, 0.15) is 51.6 Å². The van der Waals surface area contributed by atoms with E-state index in [1.165, 1.54) is 0 Å². The zero-order chi connectivity index (χ0) is 20.1. The molecule has 4 rings (SSSR count). The summed E-state index contributed by atoms with van der Waals surface area (Å²) in [5.41, 5.74) is -0.511. The quantitative estimate of drug-likeness (QED) is 0.799. The molecule has 0 aliphatic carbocycles. The van der Waals surface area contributed by atoms with Crippen molar-refractivity contribution >= 4 is 12.0 Å². The number of amides is 2. The molecule has 1 spiro atoms. The van der Waals surface area contributed by atoms with Gasteiger partial charge in [0.2, 0.25) is 0 Å². The number of ether oxygens (including phenoxy) is 2. The number of aliphatic hydroxyl groups excluding tert-OH is 1. The molecule has 0 aromatic heterocycles. The predicted octanol–water partition coefficient (Wildman–Crippen LogP) is 2.45. The molecule has 28 heavy (non-hydrogen) atoms. The van der Waals surface area contributed by atoms with E-state index in [1.807, 2.05) is 51.1 Å². The van der Waals surface area contributed by atoms with Gasteiger partial charge >= 0.3 is 6.09 Å². The summed E-state index contributed by atoms with van der Waals surface area (Å²) >= 11 is 0. The first kappa shape index (κ1) is 19.2. The Labute approximate surface area is 165 Å². The van der Waals surface area contributed by atoms with Crippen molar-refractivity contribution in [2.45, 2.75) is 69.6 Å². The molecule has 3 atom stereocenters. The fraction of sp³-hybridized carbons (Fsp3) is 0.619. The standard InChI is InChI=1S/C21H28N2O5/c1-20(2,3)28-19(26)22-11-9-21(10-12-22)18(25)23-15(13-16(24)17(23)27-21)14-7-5-4-6-8-14/h4-8,15-17,24H,9-13H2,1-3H3. The van der Waals surface area contributed by atoms with Crippen molar-refractivity contribution < 1.29 is 24.2 Å². The lowest BCUT2D eigenvalue weighted by Gasteiger charge is -2.38. The molecule has 0 radical (unpaired) electrons. The molecule has 3 saturated heterocycles. The number of carbonyl (C=O) groups excluding carboxylic acids is 2. The number of aliphatic hydroxyl groups is 1. The fourth-order valence-electron chi connectivity index (χ4n) is 4.41. The maximum absolute atomic E-state index is 13.4. The number of carbonyl (C=O) groups is 2. The highest BCUT2D eigenvalue weighted by Crippen LogP contribution is 2.47. The highest BCUT2D eigenvalue weighted by atomic mass is 16.6. The molecule has 2 amide bonds. The number of nitrogens with zero attached hydrogens (tertiary/aromatic N) is 2. The van der Waals surface area contributed by atoms with Crippen LogP contribution in [-0.4, -0.2) is 63.5 Å². The van der Waals surface area contributed by atoms with Gasteiger partial charge in [-0.25, -0.2) is 4.79 Å². The van der Waals surface area contributed by atoms with Crippen molar-refractivity contribution in [3.05, 3.63) is 35.9 Å². The normalized spacial score (nSPS) is 29.3. The summed E-state index contributed by atoms with van der Waals surface area (Å²) < 4.78 is 11.6. The lowest BCUT2D eigenvalue weighted by Crippen LogP contribution is -2.52. The Kier molecular flexibility index (Phi) is 4.62. The summed E-state index contributed by atoms with van der Waals surface area (Å²) in [6.07, 6.45) is -0.405. The van der Waals surface area contributed by atoms with Crippen LogP contribution in [0.3, 0.4) is 0 Å². The lowest BCUT2D eigenvalue weighted by atomic mass is 9.89. The van der Waals surface area contributed by atoms with Gasteiger partial charge in [-0.2, -0.15) is 0 Å². The van der Waals surface area contributed by atoms with Crippen LogP contribution in [0.15, 0.2) is 30.3 Å². The molecule has 7 nitrogen and oxygen atoms in total. The first-order chi connectivity index (χ1) is 13.2. The Balaban J connectivity index is 1.48. The number of piperidine rings is 1. The van der Waals surface area contributed by atoms with Crippen LogP contribution >= 0.6 is 0 Å². The summed E-state index contributed by atoms with van der Waals surface area (Å²) in [4.78, 5) is 29.0. The molecule has 3 aliphatic heterocycles. The number of benzene rings is 1. The molecule has 0 saturated carbocycles. The second-order valence-corrected chi connectivity index (χ2v) is 8.91. The number of hydrogen-bond acceptors (Lipinski definition) is 5. The van der Waals surface area contributed by atoms with Crippen LogP contribution in [-0.2, 0) is 14.3 Å². The Morgan fingerprint density at radius 2 is 1.86 bits per heavy atom. The monoisotopic (exact) mass is 388 g/mol. The van der Waals surface area contributed by atoms with Crippen molar-refractivity contribution in [3.8, 4) is 0 Å². The van der Waals surface area contributed by atoms with E-state index in [0.717, 1.165) is 5.56 Å².